The fraction of sp³-hybridized carbons (Fsp3) is 0.733. The third-order valence-electron chi connectivity index (χ3n) is 2.89. The van der Waals surface area contributed by atoms with Crippen molar-refractivity contribution in [3.05, 3.63) is 11.9 Å². The van der Waals surface area contributed by atoms with Crippen LogP contribution in [0.2, 0.25) is 0 Å². The van der Waals surface area contributed by atoms with Gasteiger partial charge in [-0.3, -0.25) is 4.79 Å². The maximum absolute atomic E-state index is 10.6. The molecule has 0 amide bonds. The van der Waals surface area contributed by atoms with E-state index in [-0.39, 0.29) is 5.12 Å². The predicted molar refractivity (Wildman–Crippen MR) is 91.4 cm³/mol. The number of rotatable bonds is 17. The Hall–Kier alpha value is -1.33. The molecule has 1 aromatic rings. The first-order chi connectivity index (χ1) is 12.2. The predicted octanol–water partition coefficient (Wildman–Crippen LogP) is 0.280. The third kappa shape index (κ3) is 12.7. The van der Waals surface area contributed by atoms with E-state index in [4.69, 9.17) is 18.9 Å². The SMILES string of the molecule is O=CCCOCCOCCOCc1cn(CCOCCC(=O)S)nn1. The van der Waals surface area contributed by atoms with Gasteiger partial charge in [0.25, 0.3) is 0 Å². The smallest absolute Gasteiger partial charge is 0.188 e. The summed E-state index contributed by atoms with van der Waals surface area (Å²) < 4.78 is 22.9. The van der Waals surface area contributed by atoms with Crippen molar-refractivity contribution >= 4 is 24.0 Å². The van der Waals surface area contributed by atoms with Crippen molar-refractivity contribution in [1.82, 2.24) is 15.0 Å². The lowest BCUT2D eigenvalue weighted by Crippen LogP contribution is -2.10. The second-order valence-electron chi connectivity index (χ2n) is 4.96. The number of hydrogen-bond acceptors (Lipinski definition) is 8. The van der Waals surface area contributed by atoms with Gasteiger partial charge in [-0.25, -0.2) is 4.68 Å². The molecular weight excluding hydrogens is 350 g/mol. The fourth-order valence-electron chi connectivity index (χ4n) is 1.68. The van der Waals surface area contributed by atoms with E-state index in [2.05, 4.69) is 22.9 Å². The van der Waals surface area contributed by atoms with Gasteiger partial charge in [0.05, 0.1) is 65.6 Å². The Morgan fingerprint density at radius 3 is 2.44 bits per heavy atom. The molecule has 0 aliphatic carbocycles. The third-order valence-corrected chi connectivity index (χ3v) is 3.11. The summed E-state index contributed by atoms with van der Waals surface area (Å²) in [5.74, 6) is 0. The van der Waals surface area contributed by atoms with Gasteiger partial charge < -0.3 is 23.7 Å². The highest BCUT2D eigenvalue weighted by molar-refractivity contribution is 7.96. The Bertz CT molecular complexity index is 486. The minimum atomic E-state index is -0.186. The van der Waals surface area contributed by atoms with Gasteiger partial charge in [-0.1, -0.05) is 5.21 Å². The number of ether oxygens (including phenoxy) is 4. The minimum absolute atomic E-state index is 0.186. The molecule has 25 heavy (non-hydrogen) atoms. The van der Waals surface area contributed by atoms with Crippen LogP contribution in [0.5, 0.6) is 0 Å². The van der Waals surface area contributed by atoms with Crippen molar-refractivity contribution in [3.8, 4) is 0 Å². The maximum atomic E-state index is 10.6. The van der Waals surface area contributed by atoms with Crippen molar-refractivity contribution < 1.29 is 28.5 Å². The van der Waals surface area contributed by atoms with Crippen molar-refractivity contribution in [1.29, 1.82) is 0 Å². The van der Waals surface area contributed by atoms with Crippen molar-refractivity contribution in [3.63, 3.8) is 0 Å². The second-order valence-corrected chi connectivity index (χ2v) is 5.46. The zero-order valence-electron chi connectivity index (χ0n) is 14.2. The quantitative estimate of drug-likeness (QED) is 0.235. The molecule has 0 saturated carbocycles. The molecule has 142 valence electrons. The lowest BCUT2D eigenvalue weighted by molar-refractivity contribution is -0.112. The monoisotopic (exact) mass is 375 g/mol. The molecule has 0 fully saturated rings. The largest absolute Gasteiger partial charge is 0.379 e. The molecule has 0 atom stereocenters. The highest BCUT2D eigenvalue weighted by Gasteiger charge is 2.02. The molecule has 0 N–H and O–H groups in total. The summed E-state index contributed by atoms with van der Waals surface area (Å²) in [6, 6.07) is 0. The number of hydrogen-bond donors (Lipinski definition) is 1. The number of nitrogens with zero attached hydrogens (tertiary/aromatic N) is 3. The molecule has 1 aromatic heterocycles. The van der Waals surface area contributed by atoms with Gasteiger partial charge in [0.1, 0.15) is 12.0 Å². The number of thiol groups is 1. The van der Waals surface area contributed by atoms with E-state index in [0.717, 1.165) is 12.0 Å². The van der Waals surface area contributed by atoms with E-state index < -0.39 is 0 Å². The number of carbonyl (C=O) groups is 2. The number of carbonyl (C=O) groups excluding carboxylic acids is 2. The average Bonchev–Trinajstić information content (AvgIpc) is 3.04. The highest BCUT2D eigenvalue weighted by Crippen LogP contribution is 1.97. The number of aldehydes is 1. The standard InChI is InChI=1S/C15H25N3O6S/c19-4-1-5-21-8-9-23-10-11-24-13-14-12-18(17-16-14)3-7-22-6-2-15(20)25/h4,12H,1-3,5-11,13H2,(H,20,25). The zero-order chi connectivity index (χ0) is 18.2. The molecule has 1 rings (SSSR count). The molecule has 10 heteroatoms. The Morgan fingerprint density at radius 1 is 1.04 bits per heavy atom. The molecule has 1 heterocycles. The van der Waals surface area contributed by atoms with E-state index in [1.54, 1.807) is 10.9 Å². The van der Waals surface area contributed by atoms with E-state index in [1.807, 2.05) is 0 Å². The molecule has 0 unspecified atom stereocenters. The van der Waals surface area contributed by atoms with E-state index in [1.165, 1.54) is 0 Å². The molecule has 9 nitrogen and oxygen atoms in total. The summed E-state index contributed by atoms with van der Waals surface area (Å²) in [5.41, 5.74) is 0.725. The molecule has 0 spiro atoms. The summed E-state index contributed by atoms with van der Waals surface area (Å²) >= 11 is 3.66. The van der Waals surface area contributed by atoms with Crippen LogP contribution in [-0.4, -0.2) is 72.6 Å². The summed E-state index contributed by atoms with van der Waals surface area (Å²) in [7, 11) is 0. The first-order valence-corrected chi connectivity index (χ1v) is 8.52. The Morgan fingerprint density at radius 2 is 1.72 bits per heavy atom. The normalized spacial score (nSPS) is 10.9. The van der Waals surface area contributed by atoms with Gasteiger partial charge in [0.2, 0.25) is 0 Å². The van der Waals surface area contributed by atoms with E-state index in [0.29, 0.717) is 72.2 Å². The van der Waals surface area contributed by atoms with Gasteiger partial charge in [0, 0.05) is 12.8 Å². The molecule has 0 aliphatic rings. The van der Waals surface area contributed by atoms with Crippen LogP contribution in [0.4, 0.5) is 0 Å². The Kier molecular flexibility index (Phi) is 13.0. The first-order valence-electron chi connectivity index (χ1n) is 8.07. The maximum Gasteiger partial charge on any atom is 0.188 e. The highest BCUT2D eigenvalue weighted by atomic mass is 32.1. The van der Waals surface area contributed by atoms with Crippen molar-refractivity contribution in [2.45, 2.75) is 26.0 Å². The summed E-state index contributed by atoms with van der Waals surface area (Å²) in [5, 5.41) is 7.78. The molecule has 0 saturated heterocycles. The second kappa shape index (κ2) is 15.0. The summed E-state index contributed by atoms with van der Waals surface area (Å²) in [6.07, 6.45) is 3.32. The molecule has 0 radical (unpaired) electrons. The summed E-state index contributed by atoms with van der Waals surface area (Å²) in [6.45, 7) is 3.99. The molecule has 0 aromatic carbocycles. The first kappa shape index (κ1) is 21.7. The fourth-order valence-corrected chi connectivity index (χ4v) is 1.77. The summed E-state index contributed by atoms with van der Waals surface area (Å²) in [4.78, 5) is 20.7. The van der Waals surface area contributed by atoms with Crippen LogP contribution >= 0.6 is 12.6 Å². The van der Waals surface area contributed by atoms with Crippen LogP contribution in [-0.2, 0) is 41.7 Å². The van der Waals surface area contributed by atoms with Gasteiger partial charge in [-0.05, 0) is 0 Å². The molecule has 0 bridgehead atoms. The van der Waals surface area contributed by atoms with Crippen molar-refractivity contribution in [2.24, 2.45) is 0 Å². The minimum Gasteiger partial charge on any atom is -0.379 e. The topological polar surface area (TPSA) is 102 Å². The van der Waals surface area contributed by atoms with Crippen LogP contribution in [0.25, 0.3) is 0 Å². The van der Waals surface area contributed by atoms with Gasteiger partial charge in [0.15, 0.2) is 5.12 Å². The molecular formula is C15H25N3O6S. The van der Waals surface area contributed by atoms with Gasteiger partial charge in [-0.15, -0.1) is 17.7 Å². The van der Waals surface area contributed by atoms with E-state index in [9.17, 15) is 9.59 Å². The van der Waals surface area contributed by atoms with Gasteiger partial charge in [-0.2, -0.15) is 0 Å². The Labute approximate surface area is 152 Å². The van der Waals surface area contributed by atoms with E-state index >= 15 is 0 Å². The van der Waals surface area contributed by atoms with Crippen LogP contribution in [0.3, 0.4) is 0 Å². The lowest BCUT2D eigenvalue weighted by Gasteiger charge is -2.05. The van der Waals surface area contributed by atoms with Crippen LogP contribution < -0.4 is 0 Å². The van der Waals surface area contributed by atoms with Crippen LogP contribution in [0.15, 0.2) is 6.20 Å². The zero-order valence-corrected chi connectivity index (χ0v) is 15.1. The average molecular weight is 375 g/mol. The molecule has 0 aliphatic heterocycles. The Balaban J connectivity index is 1.95. The van der Waals surface area contributed by atoms with Gasteiger partial charge >= 0.3 is 0 Å². The van der Waals surface area contributed by atoms with Crippen LogP contribution in [0, 0.1) is 0 Å². The lowest BCUT2D eigenvalue weighted by atomic mass is 10.5. The van der Waals surface area contributed by atoms with Crippen molar-refractivity contribution in [2.75, 3.05) is 46.2 Å². The van der Waals surface area contributed by atoms with Crippen LogP contribution in [0.1, 0.15) is 18.5 Å². The number of aromatic nitrogens is 3.